The third-order valence-corrected chi connectivity index (χ3v) is 5.85. The van der Waals surface area contributed by atoms with Crippen LogP contribution in [-0.4, -0.2) is 70.1 Å². The number of rotatable bonds is 6. The van der Waals surface area contributed by atoms with E-state index in [0.717, 1.165) is 50.8 Å². The molecule has 2 fully saturated rings. The molecule has 0 unspecified atom stereocenters. The van der Waals surface area contributed by atoms with Crippen molar-refractivity contribution in [2.75, 3.05) is 49.6 Å². The molecule has 5 rings (SSSR count). The Kier molecular flexibility index (Phi) is 5.71. The Morgan fingerprint density at radius 3 is 2.62 bits per heavy atom. The lowest BCUT2D eigenvalue weighted by Gasteiger charge is -2.42. The van der Waals surface area contributed by atoms with Gasteiger partial charge in [-0.05, 0) is 36.8 Å². The normalized spacial score (nSPS) is 17.6. The highest BCUT2D eigenvalue weighted by Crippen LogP contribution is 2.24. The molecule has 8 nitrogen and oxygen atoms in total. The molecule has 0 aliphatic carbocycles. The summed E-state index contributed by atoms with van der Waals surface area (Å²) < 4.78 is 32.8. The van der Waals surface area contributed by atoms with Gasteiger partial charge >= 0.3 is 0 Å². The summed E-state index contributed by atoms with van der Waals surface area (Å²) in [7, 11) is 0. The number of hydrogen-bond acceptors (Lipinski definition) is 7. The molecule has 0 saturated carbocycles. The first-order valence-corrected chi connectivity index (χ1v) is 10.7. The van der Waals surface area contributed by atoms with Crippen LogP contribution < -0.4 is 10.2 Å². The number of anilines is 3. The first kappa shape index (κ1) is 20.8. The summed E-state index contributed by atoms with van der Waals surface area (Å²) in [6.45, 7) is 7.53. The zero-order valence-electron chi connectivity index (χ0n) is 17.8. The summed E-state index contributed by atoms with van der Waals surface area (Å²) in [4.78, 5) is 13.8. The van der Waals surface area contributed by atoms with Crippen molar-refractivity contribution in [3.05, 3.63) is 53.9 Å². The van der Waals surface area contributed by atoms with E-state index in [1.54, 1.807) is 12.1 Å². The zero-order valence-corrected chi connectivity index (χ0v) is 17.8. The van der Waals surface area contributed by atoms with E-state index < -0.39 is 6.43 Å². The van der Waals surface area contributed by atoms with E-state index in [-0.39, 0.29) is 5.56 Å². The van der Waals surface area contributed by atoms with E-state index in [0.29, 0.717) is 23.5 Å². The van der Waals surface area contributed by atoms with Crippen LogP contribution in [0, 0.1) is 6.92 Å². The molecule has 168 valence electrons. The second-order valence-corrected chi connectivity index (χ2v) is 8.14. The summed E-state index contributed by atoms with van der Waals surface area (Å²) in [6, 6.07) is 10.7. The second kappa shape index (κ2) is 8.79. The highest BCUT2D eigenvalue weighted by molar-refractivity contribution is 5.55. The zero-order chi connectivity index (χ0) is 22.1. The van der Waals surface area contributed by atoms with E-state index in [2.05, 4.69) is 31.3 Å². The molecule has 2 aliphatic heterocycles. The Morgan fingerprint density at radius 1 is 1.09 bits per heavy atom. The number of aryl methyl sites for hydroxylation is 1. The minimum absolute atomic E-state index is 0.0533. The molecule has 1 N–H and O–H groups in total. The van der Waals surface area contributed by atoms with Crippen molar-refractivity contribution in [2.24, 2.45) is 0 Å². The van der Waals surface area contributed by atoms with Gasteiger partial charge in [-0.3, -0.25) is 4.90 Å². The van der Waals surface area contributed by atoms with Crippen LogP contribution in [0.5, 0.6) is 0 Å². The van der Waals surface area contributed by atoms with Crippen molar-refractivity contribution >= 4 is 17.6 Å². The molecule has 1 aromatic carbocycles. The smallest absolute Gasteiger partial charge is 0.263 e. The van der Waals surface area contributed by atoms with Gasteiger partial charge < -0.3 is 15.0 Å². The van der Waals surface area contributed by atoms with Crippen molar-refractivity contribution < 1.29 is 13.5 Å². The predicted octanol–water partition coefficient (Wildman–Crippen LogP) is 3.17. The molecule has 4 heterocycles. The number of benzene rings is 1. The van der Waals surface area contributed by atoms with Gasteiger partial charge in [0.1, 0.15) is 18.0 Å². The van der Waals surface area contributed by atoms with Gasteiger partial charge in [-0.2, -0.15) is 4.98 Å². The summed E-state index contributed by atoms with van der Waals surface area (Å²) in [5.41, 5.74) is 1.55. The van der Waals surface area contributed by atoms with E-state index in [9.17, 15) is 8.78 Å². The summed E-state index contributed by atoms with van der Waals surface area (Å²) in [5.74, 6) is 1.92. The molecule has 32 heavy (non-hydrogen) atoms. The molecule has 10 heteroatoms. The van der Waals surface area contributed by atoms with Crippen LogP contribution in [0.4, 0.5) is 26.4 Å². The van der Waals surface area contributed by atoms with Crippen LogP contribution in [0.15, 0.2) is 42.7 Å². The lowest BCUT2D eigenvalue weighted by Crippen LogP contribution is -2.56. The molecular weight excluding hydrogens is 416 g/mol. The Labute approximate surface area is 184 Å². The quantitative estimate of drug-likeness (QED) is 0.630. The van der Waals surface area contributed by atoms with Crippen LogP contribution >= 0.6 is 0 Å². The second-order valence-electron chi connectivity index (χ2n) is 8.14. The standard InChI is InChI=1S/C22H25F2N7O/c1-15-9-19(26-20(10-15)30-7-5-29(6-8-30)18-12-32-13-18)27-22-25-14-31(28-22)17-4-2-3-16(11-17)21(23)24/h2-4,9-11,14,18,21H,5-8,12-13H2,1H3,(H,26,27,28). The van der Waals surface area contributed by atoms with E-state index in [4.69, 9.17) is 9.72 Å². The van der Waals surface area contributed by atoms with Gasteiger partial charge in [0.25, 0.3) is 6.43 Å². The summed E-state index contributed by atoms with van der Waals surface area (Å²) in [6.07, 6.45) is -1.04. The number of halogens is 2. The molecule has 2 aromatic heterocycles. The molecule has 0 bridgehead atoms. The van der Waals surface area contributed by atoms with Crippen molar-refractivity contribution in [3.63, 3.8) is 0 Å². The van der Waals surface area contributed by atoms with Gasteiger partial charge in [0.15, 0.2) is 0 Å². The average molecular weight is 441 g/mol. The third-order valence-electron chi connectivity index (χ3n) is 5.85. The van der Waals surface area contributed by atoms with E-state index >= 15 is 0 Å². The average Bonchev–Trinajstić information content (AvgIpc) is 3.21. The predicted molar refractivity (Wildman–Crippen MR) is 117 cm³/mol. The maximum atomic E-state index is 13.0. The fraction of sp³-hybridized carbons (Fsp3) is 0.409. The molecule has 3 aromatic rings. The van der Waals surface area contributed by atoms with Crippen LogP contribution in [0.3, 0.4) is 0 Å². The van der Waals surface area contributed by atoms with Gasteiger partial charge in [-0.1, -0.05) is 12.1 Å². The number of nitrogens with one attached hydrogen (secondary N) is 1. The maximum absolute atomic E-state index is 13.0. The minimum atomic E-state index is -2.53. The Hall–Kier alpha value is -3.11. The number of hydrogen-bond donors (Lipinski definition) is 1. The minimum Gasteiger partial charge on any atom is -0.378 e. The monoisotopic (exact) mass is 441 g/mol. The highest BCUT2D eigenvalue weighted by atomic mass is 19.3. The van der Waals surface area contributed by atoms with Crippen molar-refractivity contribution in [2.45, 2.75) is 19.4 Å². The maximum Gasteiger partial charge on any atom is 0.263 e. The van der Waals surface area contributed by atoms with Crippen LogP contribution in [-0.2, 0) is 4.74 Å². The molecule has 0 amide bonds. The lowest BCUT2D eigenvalue weighted by atomic mass is 10.2. The third kappa shape index (κ3) is 4.42. The molecular formula is C22H25F2N7O. The largest absolute Gasteiger partial charge is 0.378 e. The van der Waals surface area contributed by atoms with E-state index in [1.807, 2.05) is 13.0 Å². The van der Waals surface area contributed by atoms with Gasteiger partial charge in [0.05, 0.1) is 24.9 Å². The van der Waals surface area contributed by atoms with E-state index in [1.165, 1.54) is 23.1 Å². The lowest BCUT2D eigenvalue weighted by molar-refractivity contribution is -0.0660. The van der Waals surface area contributed by atoms with Crippen molar-refractivity contribution in [1.82, 2.24) is 24.6 Å². The molecule has 0 atom stereocenters. The molecule has 2 saturated heterocycles. The van der Waals surface area contributed by atoms with Crippen LogP contribution in [0.2, 0.25) is 0 Å². The Morgan fingerprint density at radius 2 is 1.91 bits per heavy atom. The van der Waals surface area contributed by atoms with Gasteiger partial charge in [0, 0.05) is 31.7 Å². The number of piperazine rings is 1. The molecule has 0 spiro atoms. The highest BCUT2D eigenvalue weighted by Gasteiger charge is 2.29. The van der Waals surface area contributed by atoms with Crippen LogP contribution in [0.1, 0.15) is 17.6 Å². The van der Waals surface area contributed by atoms with Crippen molar-refractivity contribution in [3.8, 4) is 5.69 Å². The SMILES string of the molecule is Cc1cc(Nc2ncn(-c3cccc(C(F)F)c3)n2)nc(N2CCN(C3COC3)CC2)c1. The Balaban J connectivity index is 1.28. The fourth-order valence-corrected chi connectivity index (χ4v) is 3.99. The summed E-state index contributed by atoms with van der Waals surface area (Å²) in [5, 5.41) is 7.51. The Bertz CT molecular complexity index is 1080. The van der Waals surface area contributed by atoms with Crippen LogP contribution in [0.25, 0.3) is 5.69 Å². The van der Waals surface area contributed by atoms with Gasteiger partial charge in [-0.15, -0.1) is 5.10 Å². The van der Waals surface area contributed by atoms with Gasteiger partial charge in [0.2, 0.25) is 5.95 Å². The molecule has 0 radical (unpaired) electrons. The number of pyridine rings is 1. The molecule has 2 aliphatic rings. The number of alkyl halides is 2. The first-order chi connectivity index (χ1) is 15.5. The number of aromatic nitrogens is 4. The van der Waals surface area contributed by atoms with Crippen molar-refractivity contribution in [1.29, 1.82) is 0 Å². The first-order valence-electron chi connectivity index (χ1n) is 10.7. The summed E-state index contributed by atoms with van der Waals surface area (Å²) >= 11 is 0. The fourth-order valence-electron chi connectivity index (χ4n) is 3.99. The van der Waals surface area contributed by atoms with Gasteiger partial charge in [-0.25, -0.2) is 18.4 Å². The number of ether oxygens (including phenoxy) is 1. The number of nitrogens with zero attached hydrogens (tertiary/aromatic N) is 6. The topological polar surface area (TPSA) is 71.3 Å².